The van der Waals surface area contributed by atoms with Gasteiger partial charge in [-0.05, 0) is 71.5 Å². The van der Waals surface area contributed by atoms with Gasteiger partial charge in [0, 0.05) is 6.54 Å². The molecule has 4 nitrogen and oxygen atoms in total. The topological polar surface area (TPSA) is 41.6 Å². The summed E-state index contributed by atoms with van der Waals surface area (Å²) in [6.07, 6.45) is 5.88. The first-order valence-electron chi connectivity index (χ1n) is 8.70. The minimum absolute atomic E-state index is 0.115. The van der Waals surface area contributed by atoms with Crippen LogP contribution in [0.4, 0.5) is 0 Å². The lowest BCUT2D eigenvalue weighted by atomic mass is 9.95. The van der Waals surface area contributed by atoms with Gasteiger partial charge in [0.05, 0.1) is 6.61 Å². The minimum Gasteiger partial charge on any atom is -0.465 e. The molecule has 0 heterocycles. The Kier molecular flexibility index (Phi) is 8.27. The zero-order chi connectivity index (χ0) is 15.7. The molecule has 0 spiro atoms. The second-order valence-electron chi connectivity index (χ2n) is 6.43. The summed E-state index contributed by atoms with van der Waals surface area (Å²) in [6, 6.07) is 0. The van der Waals surface area contributed by atoms with Crippen molar-refractivity contribution in [1.29, 1.82) is 0 Å². The van der Waals surface area contributed by atoms with Crippen LogP contribution in [0.2, 0.25) is 0 Å². The first-order valence-corrected chi connectivity index (χ1v) is 8.70. The molecule has 1 N–H and O–H groups in total. The third kappa shape index (κ3) is 6.79. The van der Waals surface area contributed by atoms with Gasteiger partial charge in [0.2, 0.25) is 0 Å². The van der Waals surface area contributed by atoms with Gasteiger partial charge in [0.15, 0.2) is 0 Å². The average molecular weight is 298 g/mol. The third-order valence-corrected chi connectivity index (χ3v) is 4.20. The van der Waals surface area contributed by atoms with Crippen molar-refractivity contribution in [3.8, 4) is 0 Å². The van der Waals surface area contributed by atoms with Crippen molar-refractivity contribution < 1.29 is 9.53 Å². The highest BCUT2D eigenvalue weighted by Crippen LogP contribution is 2.30. The molecular formula is C17H34N2O2. The van der Waals surface area contributed by atoms with Crippen LogP contribution in [0.1, 0.15) is 59.8 Å². The number of carbonyl (C=O) groups excluding carboxylic acids is 1. The molecule has 0 aromatic heterocycles. The smallest absolute Gasteiger partial charge is 0.326 e. The quantitative estimate of drug-likeness (QED) is 0.563. The van der Waals surface area contributed by atoms with Crippen LogP contribution in [0.5, 0.6) is 0 Å². The van der Waals surface area contributed by atoms with Crippen LogP contribution in [0.15, 0.2) is 0 Å². The molecule has 21 heavy (non-hydrogen) atoms. The lowest BCUT2D eigenvalue weighted by Crippen LogP contribution is -2.50. The lowest BCUT2D eigenvalue weighted by molar-refractivity contribution is -0.150. The minimum atomic E-state index is -0.539. The van der Waals surface area contributed by atoms with Crippen molar-refractivity contribution in [1.82, 2.24) is 10.2 Å². The second-order valence-corrected chi connectivity index (χ2v) is 6.43. The summed E-state index contributed by atoms with van der Waals surface area (Å²) in [6.45, 7) is 12.8. The number of carbonyl (C=O) groups is 1. The number of nitrogens with zero attached hydrogens (tertiary/aromatic N) is 1. The standard InChI is InChI=1S/C17H34N2O2/c1-5-12-19(14-15-9-10-15)13-8-11-17(4,18-6-2)16(20)21-7-3/h15,18H,5-14H2,1-4H3. The molecule has 0 radical (unpaired) electrons. The Hall–Kier alpha value is -0.610. The van der Waals surface area contributed by atoms with Gasteiger partial charge in [-0.15, -0.1) is 0 Å². The van der Waals surface area contributed by atoms with E-state index in [1.54, 1.807) is 0 Å². The molecule has 1 fully saturated rings. The molecule has 1 rings (SSSR count). The molecule has 4 heteroatoms. The molecule has 0 amide bonds. The fourth-order valence-corrected chi connectivity index (χ4v) is 2.88. The normalized spacial score (nSPS) is 17.8. The summed E-state index contributed by atoms with van der Waals surface area (Å²) in [5.41, 5.74) is -0.539. The van der Waals surface area contributed by atoms with Crippen LogP contribution in [0.25, 0.3) is 0 Å². The Morgan fingerprint density at radius 3 is 2.52 bits per heavy atom. The predicted octanol–water partition coefficient (Wildman–Crippen LogP) is 2.82. The van der Waals surface area contributed by atoms with Crippen LogP contribution in [0.3, 0.4) is 0 Å². The highest BCUT2D eigenvalue weighted by Gasteiger charge is 2.33. The fourth-order valence-electron chi connectivity index (χ4n) is 2.88. The predicted molar refractivity (Wildman–Crippen MR) is 87.4 cm³/mol. The van der Waals surface area contributed by atoms with E-state index >= 15 is 0 Å². The van der Waals surface area contributed by atoms with Gasteiger partial charge in [-0.2, -0.15) is 0 Å². The Morgan fingerprint density at radius 2 is 2.00 bits per heavy atom. The molecule has 1 unspecified atom stereocenters. The average Bonchev–Trinajstić information content (AvgIpc) is 3.23. The molecule has 0 aromatic carbocycles. The summed E-state index contributed by atoms with van der Waals surface area (Å²) in [5, 5.41) is 3.31. The lowest BCUT2D eigenvalue weighted by Gasteiger charge is -2.29. The summed E-state index contributed by atoms with van der Waals surface area (Å²) in [5.74, 6) is 0.817. The fraction of sp³-hybridized carbons (Fsp3) is 0.941. The molecule has 1 aliphatic rings. The summed E-state index contributed by atoms with van der Waals surface area (Å²) >= 11 is 0. The van der Waals surface area contributed by atoms with Gasteiger partial charge >= 0.3 is 5.97 Å². The van der Waals surface area contributed by atoms with Crippen LogP contribution in [-0.4, -0.2) is 49.2 Å². The molecule has 1 aliphatic carbocycles. The SMILES string of the molecule is CCCN(CCCC(C)(NCC)C(=O)OCC)CC1CC1. The summed E-state index contributed by atoms with van der Waals surface area (Å²) in [7, 11) is 0. The number of hydrogen-bond acceptors (Lipinski definition) is 4. The van der Waals surface area contributed by atoms with E-state index in [2.05, 4.69) is 17.1 Å². The Morgan fingerprint density at radius 1 is 1.29 bits per heavy atom. The van der Waals surface area contributed by atoms with E-state index in [1.165, 1.54) is 32.4 Å². The zero-order valence-corrected chi connectivity index (χ0v) is 14.4. The van der Waals surface area contributed by atoms with Crippen molar-refractivity contribution >= 4 is 5.97 Å². The summed E-state index contributed by atoms with van der Waals surface area (Å²) < 4.78 is 5.22. The first-order chi connectivity index (χ1) is 10.1. The van der Waals surface area contributed by atoms with Crippen LogP contribution in [-0.2, 0) is 9.53 Å². The van der Waals surface area contributed by atoms with Gasteiger partial charge in [-0.1, -0.05) is 13.8 Å². The Balaban J connectivity index is 2.41. The van der Waals surface area contributed by atoms with Crippen LogP contribution >= 0.6 is 0 Å². The number of rotatable bonds is 12. The molecule has 1 saturated carbocycles. The Labute approximate surface area is 130 Å². The molecule has 1 atom stereocenters. The van der Waals surface area contributed by atoms with Gasteiger partial charge in [-0.3, -0.25) is 4.79 Å². The van der Waals surface area contributed by atoms with E-state index in [0.29, 0.717) is 6.61 Å². The molecule has 0 aromatic rings. The summed E-state index contributed by atoms with van der Waals surface area (Å²) in [4.78, 5) is 14.7. The van der Waals surface area contributed by atoms with E-state index in [-0.39, 0.29) is 5.97 Å². The van der Waals surface area contributed by atoms with E-state index in [0.717, 1.165) is 31.8 Å². The van der Waals surface area contributed by atoms with Gasteiger partial charge < -0.3 is 15.0 Å². The van der Waals surface area contributed by atoms with Crippen LogP contribution < -0.4 is 5.32 Å². The number of ether oxygens (including phenoxy) is 1. The van der Waals surface area contributed by atoms with Gasteiger partial charge in [-0.25, -0.2) is 0 Å². The molecule has 0 bridgehead atoms. The zero-order valence-electron chi connectivity index (χ0n) is 14.4. The Bertz CT molecular complexity index is 305. The largest absolute Gasteiger partial charge is 0.465 e. The van der Waals surface area contributed by atoms with Crippen molar-refractivity contribution in [3.63, 3.8) is 0 Å². The van der Waals surface area contributed by atoms with E-state index < -0.39 is 5.54 Å². The van der Waals surface area contributed by atoms with E-state index in [1.807, 2.05) is 20.8 Å². The number of nitrogens with one attached hydrogen (secondary N) is 1. The highest BCUT2D eigenvalue weighted by atomic mass is 16.5. The van der Waals surface area contributed by atoms with Crippen molar-refractivity contribution in [2.24, 2.45) is 5.92 Å². The maximum absolute atomic E-state index is 12.1. The molecular weight excluding hydrogens is 264 g/mol. The van der Waals surface area contributed by atoms with Crippen molar-refractivity contribution in [2.45, 2.75) is 65.3 Å². The van der Waals surface area contributed by atoms with Gasteiger partial charge in [0.25, 0.3) is 0 Å². The van der Waals surface area contributed by atoms with Crippen molar-refractivity contribution in [2.75, 3.05) is 32.8 Å². The maximum atomic E-state index is 12.1. The number of likely N-dealkylation sites (N-methyl/N-ethyl adjacent to an activating group) is 1. The number of esters is 1. The monoisotopic (exact) mass is 298 g/mol. The molecule has 0 saturated heterocycles. The van der Waals surface area contributed by atoms with E-state index in [4.69, 9.17) is 4.74 Å². The van der Waals surface area contributed by atoms with Gasteiger partial charge in [0.1, 0.15) is 5.54 Å². The second kappa shape index (κ2) is 9.42. The maximum Gasteiger partial charge on any atom is 0.326 e. The highest BCUT2D eigenvalue weighted by molar-refractivity contribution is 5.80. The first kappa shape index (κ1) is 18.4. The van der Waals surface area contributed by atoms with Crippen LogP contribution in [0, 0.1) is 5.92 Å². The van der Waals surface area contributed by atoms with Crippen molar-refractivity contribution in [3.05, 3.63) is 0 Å². The molecule has 124 valence electrons. The molecule has 0 aliphatic heterocycles. The van der Waals surface area contributed by atoms with E-state index in [9.17, 15) is 4.79 Å². The third-order valence-electron chi connectivity index (χ3n) is 4.20. The number of hydrogen-bond donors (Lipinski definition) is 1.